The third-order valence-electron chi connectivity index (χ3n) is 5.72. The third-order valence-corrected chi connectivity index (χ3v) is 6.59. The normalized spacial score (nSPS) is 22.2. The SMILES string of the molecule is O=C(CSC1=NC2(CCCCC2)C2=C(CCCC2)N1)c1ccccc1. The maximum Gasteiger partial charge on any atom is 0.173 e. The molecule has 1 heterocycles. The predicted octanol–water partition coefficient (Wildman–Crippen LogP) is 5.09. The zero-order valence-electron chi connectivity index (χ0n) is 14.7. The molecule has 0 aromatic heterocycles. The molecule has 3 aliphatic rings. The van der Waals surface area contributed by atoms with E-state index in [1.54, 1.807) is 17.3 Å². The number of hydrogen-bond donors (Lipinski definition) is 1. The number of amidine groups is 1. The number of ketones is 1. The van der Waals surface area contributed by atoms with E-state index in [1.807, 2.05) is 30.3 Å². The van der Waals surface area contributed by atoms with E-state index >= 15 is 0 Å². The van der Waals surface area contributed by atoms with Crippen LogP contribution in [-0.4, -0.2) is 22.2 Å². The molecule has 1 N–H and O–H groups in total. The Balaban J connectivity index is 1.51. The number of benzene rings is 1. The second-order valence-corrected chi connectivity index (χ2v) is 8.34. The summed E-state index contributed by atoms with van der Waals surface area (Å²) in [5.74, 6) is 0.630. The first-order valence-electron chi connectivity index (χ1n) is 9.57. The molecule has 3 nitrogen and oxygen atoms in total. The number of carbonyl (C=O) groups excluding carboxylic acids is 1. The standard InChI is InChI=1S/C21H26N2OS/c24-19(16-9-3-1-4-10-16)15-25-20-22-18-12-6-5-11-17(18)21(23-20)13-7-2-8-14-21/h1,3-4,9-10H,2,5-8,11-15H2,(H,22,23). The monoisotopic (exact) mass is 354 g/mol. The summed E-state index contributed by atoms with van der Waals surface area (Å²) in [6, 6.07) is 9.57. The maximum atomic E-state index is 12.4. The van der Waals surface area contributed by atoms with Crippen molar-refractivity contribution in [2.75, 3.05) is 5.75 Å². The van der Waals surface area contributed by atoms with Crippen LogP contribution in [0.25, 0.3) is 0 Å². The smallest absolute Gasteiger partial charge is 0.173 e. The first-order chi connectivity index (χ1) is 12.3. The molecule has 1 aliphatic heterocycles. The maximum absolute atomic E-state index is 12.4. The van der Waals surface area contributed by atoms with Crippen LogP contribution in [0.2, 0.25) is 0 Å². The van der Waals surface area contributed by atoms with E-state index in [0.29, 0.717) is 5.75 Å². The van der Waals surface area contributed by atoms with Crippen molar-refractivity contribution in [1.29, 1.82) is 0 Å². The van der Waals surface area contributed by atoms with Gasteiger partial charge in [0.15, 0.2) is 11.0 Å². The molecule has 0 bridgehead atoms. The highest BCUT2D eigenvalue weighted by molar-refractivity contribution is 8.14. The van der Waals surface area contributed by atoms with Gasteiger partial charge < -0.3 is 5.32 Å². The lowest BCUT2D eigenvalue weighted by Gasteiger charge is -2.42. The number of nitrogens with one attached hydrogen (secondary N) is 1. The van der Waals surface area contributed by atoms with Gasteiger partial charge in [-0.1, -0.05) is 61.4 Å². The van der Waals surface area contributed by atoms with Crippen LogP contribution in [-0.2, 0) is 0 Å². The molecule has 1 saturated carbocycles. The molecule has 1 spiro atoms. The average molecular weight is 355 g/mol. The molecule has 1 aromatic rings. The van der Waals surface area contributed by atoms with E-state index in [-0.39, 0.29) is 11.3 Å². The highest BCUT2D eigenvalue weighted by Crippen LogP contribution is 2.45. The van der Waals surface area contributed by atoms with Crippen molar-refractivity contribution in [1.82, 2.24) is 5.32 Å². The Morgan fingerprint density at radius 2 is 1.80 bits per heavy atom. The van der Waals surface area contributed by atoms with Crippen LogP contribution in [0.3, 0.4) is 0 Å². The van der Waals surface area contributed by atoms with Gasteiger partial charge >= 0.3 is 0 Å². The number of carbonyl (C=O) groups is 1. The van der Waals surface area contributed by atoms with Crippen molar-refractivity contribution in [3.63, 3.8) is 0 Å². The van der Waals surface area contributed by atoms with Crippen LogP contribution in [0.5, 0.6) is 0 Å². The lowest BCUT2D eigenvalue weighted by Crippen LogP contribution is -2.43. The number of fused-ring (bicyclic) bond motifs is 1. The zero-order chi connectivity index (χ0) is 17.1. The minimum absolute atomic E-state index is 0.0391. The summed E-state index contributed by atoms with van der Waals surface area (Å²) in [4.78, 5) is 17.6. The van der Waals surface area contributed by atoms with Crippen molar-refractivity contribution in [2.24, 2.45) is 4.99 Å². The van der Waals surface area contributed by atoms with E-state index in [0.717, 1.165) is 17.2 Å². The van der Waals surface area contributed by atoms with E-state index < -0.39 is 0 Å². The topological polar surface area (TPSA) is 41.5 Å². The van der Waals surface area contributed by atoms with Gasteiger partial charge in [0, 0.05) is 11.3 Å². The summed E-state index contributed by atoms with van der Waals surface area (Å²) in [6.45, 7) is 0. The molecule has 25 heavy (non-hydrogen) atoms. The molecular weight excluding hydrogens is 328 g/mol. The van der Waals surface area contributed by atoms with Crippen LogP contribution in [0.4, 0.5) is 0 Å². The first kappa shape index (κ1) is 16.9. The van der Waals surface area contributed by atoms with Gasteiger partial charge in [0.05, 0.1) is 11.3 Å². The molecule has 0 saturated heterocycles. The Morgan fingerprint density at radius 3 is 2.60 bits per heavy atom. The molecule has 4 heteroatoms. The van der Waals surface area contributed by atoms with Crippen molar-refractivity contribution >= 4 is 22.7 Å². The van der Waals surface area contributed by atoms with Crippen LogP contribution < -0.4 is 5.32 Å². The summed E-state index contributed by atoms with van der Waals surface area (Å²) in [6.07, 6.45) is 11.2. The summed E-state index contributed by atoms with van der Waals surface area (Å²) in [5.41, 5.74) is 3.82. The molecule has 0 unspecified atom stereocenters. The quantitative estimate of drug-likeness (QED) is 0.769. The molecule has 1 aromatic carbocycles. The van der Waals surface area contributed by atoms with Crippen molar-refractivity contribution < 1.29 is 4.79 Å². The van der Waals surface area contributed by atoms with Gasteiger partial charge in [0.2, 0.25) is 0 Å². The van der Waals surface area contributed by atoms with Crippen LogP contribution in [0.1, 0.15) is 68.1 Å². The molecule has 0 amide bonds. The third kappa shape index (κ3) is 3.55. The number of nitrogens with zero attached hydrogens (tertiary/aromatic N) is 1. The molecule has 0 radical (unpaired) electrons. The highest BCUT2D eigenvalue weighted by Gasteiger charge is 2.40. The fourth-order valence-corrected chi connectivity index (χ4v) is 5.30. The van der Waals surface area contributed by atoms with E-state index in [1.165, 1.54) is 57.1 Å². The van der Waals surface area contributed by atoms with Crippen molar-refractivity contribution in [2.45, 2.75) is 63.3 Å². The summed E-state index contributed by atoms with van der Waals surface area (Å²) in [7, 11) is 0. The largest absolute Gasteiger partial charge is 0.339 e. The number of hydrogen-bond acceptors (Lipinski definition) is 4. The lowest BCUT2D eigenvalue weighted by atomic mass is 9.72. The van der Waals surface area contributed by atoms with Crippen LogP contribution in [0, 0.1) is 0 Å². The van der Waals surface area contributed by atoms with Gasteiger partial charge in [0.1, 0.15) is 0 Å². The summed E-state index contributed by atoms with van der Waals surface area (Å²) >= 11 is 1.58. The molecule has 4 rings (SSSR count). The minimum atomic E-state index is 0.0391. The van der Waals surface area contributed by atoms with E-state index in [2.05, 4.69) is 5.32 Å². The fraction of sp³-hybridized carbons (Fsp3) is 0.524. The Hall–Kier alpha value is -1.55. The predicted molar refractivity (Wildman–Crippen MR) is 105 cm³/mol. The van der Waals surface area contributed by atoms with E-state index in [9.17, 15) is 4.79 Å². The summed E-state index contributed by atoms with van der Waals surface area (Å²) < 4.78 is 0. The van der Waals surface area contributed by atoms with Gasteiger partial charge in [-0.25, -0.2) is 0 Å². The number of aliphatic imine (C=N–C) groups is 1. The molecule has 2 aliphatic carbocycles. The highest BCUT2D eigenvalue weighted by atomic mass is 32.2. The van der Waals surface area contributed by atoms with E-state index in [4.69, 9.17) is 4.99 Å². The van der Waals surface area contributed by atoms with Crippen molar-refractivity contribution in [3.8, 4) is 0 Å². The lowest BCUT2D eigenvalue weighted by molar-refractivity contribution is 0.102. The van der Waals surface area contributed by atoms with Crippen LogP contribution >= 0.6 is 11.8 Å². The Bertz CT molecular complexity index is 702. The average Bonchev–Trinajstić information content (AvgIpc) is 2.67. The molecular formula is C21H26N2OS. The Morgan fingerprint density at radius 1 is 1.04 bits per heavy atom. The minimum Gasteiger partial charge on any atom is -0.339 e. The number of allylic oxidation sites excluding steroid dienone is 1. The van der Waals surface area contributed by atoms with Gasteiger partial charge in [0.25, 0.3) is 0 Å². The number of thioether (sulfide) groups is 1. The number of rotatable bonds is 3. The summed E-state index contributed by atoms with van der Waals surface area (Å²) in [5, 5.41) is 4.54. The van der Waals surface area contributed by atoms with Crippen molar-refractivity contribution in [3.05, 3.63) is 47.2 Å². The molecule has 0 atom stereocenters. The first-order valence-corrected chi connectivity index (χ1v) is 10.6. The zero-order valence-corrected chi connectivity index (χ0v) is 15.5. The number of Topliss-reactive ketones (excluding diaryl/α,β-unsaturated/α-hetero) is 1. The second-order valence-electron chi connectivity index (χ2n) is 7.38. The van der Waals surface area contributed by atoms with Gasteiger partial charge in [-0.3, -0.25) is 9.79 Å². The van der Waals surface area contributed by atoms with Gasteiger partial charge in [-0.15, -0.1) is 0 Å². The Labute approximate surface area is 154 Å². The van der Waals surface area contributed by atoms with Crippen LogP contribution in [0.15, 0.2) is 46.6 Å². The van der Waals surface area contributed by atoms with Gasteiger partial charge in [-0.05, 0) is 44.1 Å². The molecule has 132 valence electrons. The Kier molecular flexibility index (Phi) is 4.98. The van der Waals surface area contributed by atoms with Gasteiger partial charge in [-0.2, -0.15) is 0 Å². The second kappa shape index (κ2) is 7.36. The molecule has 1 fully saturated rings. The fourth-order valence-electron chi connectivity index (χ4n) is 4.44.